The molecule has 2 aromatic rings. The molecule has 0 saturated carbocycles. The Morgan fingerprint density at radius 2 is 2.21 bits per heavy atom. The van der Waals surface area contributed by atoms with Crippen LogP contribution in [0.1, 0.15) is 30.0 Å². The average Bonchev–Trinajstić information content (AvgIpc) is 2.93. The van der Waals surface area contributed by atoms with E-state index in [1.54, 1.807) is 12.3 Å². The Hall–Kier alpha value is -1.74. The van der Waals surface area contributed by atoms with Gasteiger partial charge in [-0.15, -0.1) is 0 Å². The number of aromatic nitrogens is 1. The van der Waals surface area contributed by atoms with Gasteiger partial charge in [0.1, 0.15) is 5.82 Å². The number of hydrogen-bond donors (Lipinski definition) is 1. The summed E-state index contributed by atoms with van der Waals surface area (Å²) in [5.41, 5.74) is 4.02. The molecule has 3 heteroatoms. The van der Waals surface area contributed by atoms with Crippen molar-refractivity contribution in [2.75, 3.05) is 6.54 Å². The highest BCUT2D eigenvalue weighted by Gasteiger charge is 2.21. The second kappa shape index (κ2) is 5.10. The minimum atomic E-state index is -0.207. The molecule has 1 aliphatic rings. The van der Waals surface area contributed by atoms with Crippen LogP contribution in [-0.2, 0) is 0 Å². The monoisotopic (exact) mass is 256 g/mol. The van der Waals surface area contributed by atoms with Crippen molar-refractivity contribution in [3.63, 3.8) is 0 Å². The Balaban J connectivity index is 2.13. The zero-order chi connectivity index (χ0) is 13.2. The van der Waals surface area contributed by atoms with E-state index in [4.69, 9.17) is 0 Å². The maximum Gasteiger partial charge on any atom is 0.123 e. The molecule has 2 heterocycles. The second-order valence-electron chi connectivity index (χ2n) is 5.05. The average molecular weight is 256 g/mol. The van der Waals surface area contributed by atoms with Gasteiger partial charge in [0.05, 0.1) is 5.69 Å². The molecule has 1 aromatic carbocycles. The highest BCUT2D eigenvalue weighted by atomic mass is 19.1. The van der Waals surface area contributed by atoms with Crippen molar-refractivity contribution in [3.05, 3.63) is 53.5 Å². The number of halogens is 1. The summed E-state index contributed by atoms with van der Waals surface area (Å²) in [7, 11) is 0. The molecule has 1 atom stereocenters. The van der Waals surface area contributed by atoms with Gasteiger partial charge in [-0.05, 0) is 55.6 Å². The van der Waals surface area contributed by atoms with Gasteiger partial charge in [0.15, 0.2) is 0 Å². The highest BCUT2D eigenvalue weighted by molar-refractivity contribution is 5.67. The molecule has 1 unspecified atom stereocenters. The fourth-order valence-electron chi connectivity index (χ4n) is 2.76. The predicted molar refractivity (Wildman–Crippen MR) is 74.3 cm³/mol. The molecule has 3 rings (SSSR count). The van der Waals surface area contributed by atoms with Crippen molar-refractivity contribution in [2.24, 2.45) is 0 Å². The van der Waals surface area contributed by atoms with E-state index in [1.807, 2.05) is 25.1 Å². The molecule has 1 N–H and O–H groups in total. The number of rotatable bonds is 2. The quantitative estimate of drug-likeness (QED) is 0.887. The maximum absolute atomic E-state index is 13.6. The van der Waals surface area contributed by atoms with Crippen LogP contribution in [-0.4, -0.2) is 11.5 Å². The lowest BCUT2D eigenvalue weighted by molar-refractivity contribution is 0.618. The molecule has 2 nitrogen and oxygen atoms in total. The van der Waals surface area contributed by atoms with E-state index in [2.05, 4.69) is 10.3 Å². The van der Waals surface area contributed by atoms with Crippen LogP contribution in [0.15, 0.2) is 36.5 Å². The molecule has 1 aromatic heterocycles. The Morgan fingerprint density at radius 1 is 1.32 bits per heavy atom. The number of pyridine rings is 1. The zero-order valence-electron chi connectivity index (χ0n) is 11.0. The molecule has 0 aliphatic carbocycles. The van der Waals surface area contributed by atoms with Gasteiger partial charge >= 0.3 is 0 Å². The van der Waals surface area contributed by atoms with Gasteiger partial charge in [0.25, 0.3) is 0 Å². The van der Waals surface area contributed by atoms with Crippen LogP contribution in [0.3, 0.4) is 0 Å². The molecular weight excluding hydrogens is 239 g/mol. The predicted octanol–water partition coefficient (Wildman–Crippen LogP) is 3.62. The summed E-state index contributed by atoms with van der Waals surface area (Å²) in [5.74, 6) is -0.207. The van der Waals surface area contributed by atoms with Crippen LogP contribution in [0.5, 0.6) is 0 Å². The topological polar surface area (TPSA) is 24.9 Å². The first-order valence-electron chi connectivity index (χ1n) is 6.70. The van der Waals surface area contributed by atoms with Crippen molar-refractivity contribution in [1.82, 2.24) is 10.3 Å². The molecule has 1 fully saturated rings. The maximum atomic E-state index is 13.6. The number of benzene rings is 1. The minimum Gasteiger partial charge on any atom is -0.310 e. The van der Waals surface area contributed by atoms with Gasteiger partial charge in [-0.3, -0.25) is 4.98 Å². The zero-order valence-corrected chi connectivity index (χ0v) is 11.0. The molecular formula is C16H17FN2. The first-order valence-corrected chi connectivity index (χ1v) is 6.70. The van der Waals surface area contributed by atoms with Gasteiger partial charge in [0, 0.05) is 17.8 Å². The molecule has 98 valence electrons. The molecule has 1 aliphatic heterocycles. The Kier molecular flexibility index (Phi) is 3.30. The first-order chi connectivity index (χ1) is 9.25. The Labute approximate surface area is 112 Å². The molecule has 0 spiro atoms. The number of nitrogens with zero attached hydrogens (tertiary/aromatic N) is 1. The third kappa shape index (κ3) is 2.38. The molecule has 0 radical (unpaired) electrons. The van der Waals surface area contributed by atoms with Crippen molar-refractivity contribution in [1.29, 1.82) is 0 Å². The first kappa shape index (κ1) is 12.3. The van der Waals surface area contributed by atoms with Crippen molar-refractivity contribution in [3.8, 4) is 11.3 Å². The summed E-state index contributed by atoms with van der Waals surface area (Å²) in [4.78, 5) is 4.43. The number of nitrogens with one attached hydrogen (secondary N) is 1. The van der Waals surface area contributed by atoms with Gasteiger partial charge in [-0.2, -0.15) is 0 Å². The number of aryl methyl sites for hydroxylation is 1. The third-order valence-electron chi connectivity index (χ3n) is 3.72. The fourth-order valence-corrected chi connectivity index (χ4v) is 2.76. The molecule has 1 saturated heterocycles. The summed E-state index contributed by atoms with van der Waals surface area (Å²) < 4.78 is 13.6. The third-order valence-corrected chi connectivity index (χ3v) is 3.72. The lowest BCUT2D eigenvalue weighted by atomic mass is 9.95. The molecule has 0 bridgehead atoms. The van der Waals surface area contributed by atoms with E-state index in [-0.39, 0.29) is 5.82 Å². The van der Waals surface area contributed by atoms with E-state index < -0.39 is 0 Å². The Bertz CT molecular complexity index is 589. The van der Waals surface area contributed by atoms with Gasteiger partial charge in [0.2, 0.25) is 0 Å². The standard InChI is InChI=1S/C16H17FN2/c1-11-4-2-9-19-16(11)14-10-12(17)6-7-13(14)15-5-3-8-18-15/h2,4,6-7,9-10,15,18H,3,5,8H2,1H3. The Morgan fingerprint density at radius 3 is 2.95 bits per heavy atom. The van der Waals surface area contributed by atoms with E-state index in [0.717, 1.165) is 35.3 Å². The van der Waals surface area contributed by atoms with Crippen molar-refractivity contribution < 1.29 is 4.39 Å². The lowest BCUT2D eigenvalue weighted by Gasteiger charge is -2.16. The van der Waals surface area contributed by atoms with E-state index in [1.165, 1.54) is 12.5 Å². The summed E-state index contributed by atoms with van der Waals surface area (Å²) in [6.07, 6.45) is 4.03. The summed E-state index contributed by atoms with van der Waals surface area (Å²) in [6, 6.07) is 9.27. The van der Waals surface area contributed by atoms with Crippen LogP contribution in [0, 0.1) is 12.7 Å². The molecule has 0 amide bonds. The van der Waals surface area contributed by atoms with Crippen molar-refractivity contribution in [2.45, 2.75) is 25.8 Å². The van der Waals surface area contributed by atoms with Crippen molar-refractivity contribution >= 4 is 0 Å². The number of hydrogen-bond acceptors (Lipinski definition) is 2. The van der Waals surface area contributed by atoms with E-state index in [9.17, 15) is 4.39 Å². The molecule has 19 heavy (non-hydrogen) atoms. The fraction of sp³-hybridized carbons (Fsp3) is 0.312. The SMILES string of the molecule is Cc1cccnc1-c1cc(F)ccc1C1CCCN1. The van der Waals surface area contributed by atoms with Gasteiger partial charge < -0.3 is 5.32 Å². The smallest absolute Gasteiger partial charge is 0.123 e. The van der Waals surface area contributed by atoms with Crippen LogP contribution in [0.4, 0.5) is 4.39 Å². The second-order valence-corrected chi connectivity index (χ2v) is 5.05. The lowest BCUT2D eigenvalue weighted by Crippen LogP contribution is -2.14. The minimum absolute atomic E-state index is 0.207. The van der Waals surface area contributed by atoms with E-state index >= 15 is 0 Å². The largest absolute Gasteiger partial charge is 0.310 e. The normalized spacial score (nSPS) is 18.7. The van der Waals surface area contributed by atoms with Gasteiger partial charge in [-0.25, -0.2) is 4.39 Å². The van der Waals surface area contributed by atoms with Gasteiger partial charge in [-0.1, -0.05) is 12.1 Å². The van der Waals surface area contributed by atoms with Crippen LogP contribution in [0.2, 0.25) is 0 Å². The summed E-state index contributed by atoms with van der Waals surface area (Å²) in [6.45, 7) is 3.04. The summed E-state index contributed by atoms with van der Waals surface area (Å²) >= 11 is 0. The van der Waals surface area contributed by atoms with Crippen LogP contribution < -0.4 is 5.32 Å². The summed E-state index contributed by atoms with van der Waals surface area (Å²) in [5, 5.41) is 3.47. The van der Waals surface area contributed by atoms with Crippen LogP contribution >= 0.6 is 0 Å². The highest BCUT2D eigenvalue weighted by Crippen LogP contribution is 2.33. The van der Waals surface area contributed by atoms with E-state index in [0.29, 0.717) is 6.04 Å². The van der Waals surface area contributed by atoms with Crippen LogP contribution in [0.25, 0.3) is 11.3 Å².